The molecule has 2 heterocycles. The van der Waals surface area contributed by atoms with E-state index >= 15 is 4.39 Å². The van der Waals surface area contributed by atoms with E-state index in [4.69, 9.17) is 23.2 Å². The normalized spacial score (nSPS) is 31.0. The van der Waals surface area contributed by atoms with Gasteiger partial charge in [0, 0.05) is 40.6 Å². The van der Waals surface area contributed by atoms with Crippen LogP contribution in [0.1, 0.15) is 36.3 Å². The third kappa shape index (κ3) is 2.33. The van der Waals surface area contributed by atoms with Gasteiger partial charge >= 0.3 is 0 Å². The third-order valence-electron chi connectivity index (χ3n) is 6.31. The van der Waals surface area contributed by atoms with Crippen molar-refractivity contribution in [3.8, 4) is 0 Å². The maximum Gasteiger partial charge on any atom is 0.250 e. The molecule has 2 N–H and O–H groups in total. The lowest BCUT2D eigenvalue weighted by Gasteiger charge is -2.32. The van der Waals surface area contributed by atoms with Gasteiger partial charge in [0.2, 0.25) is 5.91 Å². The van der Waals surface area contributed by atoms with E-state index in [0.717, 1.165) is 12.8 Å². The van der Waals surface area contributed by atoms with Crippen molar-refractivity contribution in [1.29, 1.82) is 0 Å². The van der Waals surface area contributed by atoms with Gasteiger partial charge in [-0.2, -0.15) is 0 Å². The minimum atomic E-state index is -1.24. The van der Waals surface area contributed by atoms with Crippen LogP contribution in [0.3, 0.4) is 0 Å². The Kier molecular flexibility index (Phi) is 4.06. The van der Waals surface area contributed by atoms with Gasteiger partial charge in [-0.1, -0.05) is 41.4 Å². The molecule has 2 fully saturated rings. The summed E-state index contributed by atoms with van der Waals surface area (Å²) in [6, 6.07) is 9.72. The number of carbonyl (C=O) groups is 2. The average molecular weight is 419 g/mol. The molecule has 1 aliphatic carbocycles. The molecular formula is C21H17Cl2FN2O2. The molecule has 1 spiro atoms. The van der Waals surface area contributed by atoms with E-state index < -0.39 is 23.2 Å². The van der Waals surface area contributed by atoms with Crippen LogP contribution in [0.4, 0.5) is 10.1 Å². The summed E-state index contributed by atoms with van der Waals surface area (Å²) in [5.74, 6) is -2.00. The van der Waals surface area contributed by atoms with Gasteiger partial charge < -0.3 is 5.32 Å². The first-order valence-electron chi connectivity index (χ1n) is 9.29. The van der Waals surface area contributed by atoms with Gasteiger partial charge in [0.1, 0.15) is 17.1 Å². The summed E-state index contributed by atoms with van der Waals surface area (Å²) in [4.78, 5) is 26.2. The fourth-order valence-electron chi connectivity index (χ4n) is 5.24. The molecule has 7 heteroatoms. The second-order valence-corrected chi connectivity index (χ2v) is 8.55. The Labute approximate surface area is 171 Å². The van der Waals surface area contributed by atoms with Crippen molar-refractivity contribution in [2.45, 2.75) is 36.8 Å². The Hall–Kier alpha value is -1.95. The average Bonchev–Trinajstić information content (AvgIpc) is 3.14. The number of fused-ring (bicyclic) bond motifs is 3. The maximum absolute atomic E-state index is 15.1. The summed E-state index contributed by atoms with van der Waals surface area (Å²) < 4.78 is 15.1. The van der Waals surface area contributed by atoms with Gasteiger partial charge in [-0.3, -0.25) is 14.9 Å². The topological polar surface area (TPSA) is 58.2 Å². The first-order chi connectivity index (χ1) is 13.4. The SMILES string of the molecule is O=C1CCC[C@@H]2N[C@@]3(C(=O)Nc4cc(Cl)ccc43)[C@@H](c3cccc(Cl)c3F)[C@H]12. The summed E-state index contributed by atoms with van der Waals surface area (Å²) in [5, 5.41) is 6.78. The highest BCUT2D eigenvalue weighted by Gasteiger charge is 2.64. The van der Waals surface area contributed by atoms with E-state index in [0.29, 0.717) is 28.3 Å². The summed E-state index contributed by atoms with van der Waals surface area (Å²) in [7, 11) is 0. The molecule has 5 rings (SSSR count). The van der Waals surface area contributed by atoms with Crippen LogP contribution in [0.5, 0.6) is 0 Å². The molecule has 4 atom stereocenters. The van der Waals surface area contributed by atoms with Crippen molar-refractivity contribution in [2.24, 2.45) is 5.92 Å². The maximum atomic E-state index is 15.1. The van der Waals surface area contributed by atoms with Crippen LogP contribution < -0.4 is 10.6 Å². The molecule has 0 unspecified atom stereocenters. The van der Waals surface area contributed by atoms with E-state index in [1.165, 1.54) is 6.07 Å². The first kappa shape index (κ1) is 18.1. The third-order valence-corrected chi connectivity index (χ3v) is 6.84. The van der Waals surface area contributed by atoms with Crippen molar-refractivity contribution in [1.82, 2.24) is 5.32 Å². The lowest BCUT2D eigenvalue weighted by molar-refractivity contribution is -0.125. The van der Waals surface area contributed by atoms with Crippen molar-refractivity contribution in [3.63, 3.8) is 0 Å². The van der Waals surface area contributed by atoms with Gasteiger partial charge in [-0.05, 0) is 36.6 Å². The van der Waals surface area contributed by atoms with Gasteiger partial charge in [-0.25, -0.2) is 4.39 Å². The molecule has 2 aromatic carbocycles. The molecule has 0 bridgehead atoms. The Bertz CT molecular complexity index is 1030. The number of carbonyl (C=O) groups excluding carboxylic acids is 2. The van der Waals surface area contributed by atoms with E-state index in [1.807, 2.05) is 0 Å². The summed E-state index contributed by atoms with van der Waals surface area (Å²) in [6.45, 7) is 0. The fourth-order valence-corrected chi connectivity index (χ4v) is 5.60. The molecule has 1 saturated carbocycles. The number of hydrogen-bond donors (Lipinski definition) is 2. The summed E-state index contributed by atoms with van der Waals surface area (Å²) >= 11 is 12.2. The Morgan fingerprint density at radius 3 is 2.79 bits per heavy atom. The van der Waals surface area contributed by atoms with Crippen LogP contribution in [-0.2, 0) is 15.1 Å². The number of rotatable bonds is 1. The van der Waals surface area contributed by atoms with Gasteiger partial charge in [0.05, 0.1) is 5.02 Å². The molecular weight excluding hydrogens is 402 g/mol. The van der Waals surface area contributed by atoms with Crippen LogP contribution in [0, 0.1) is 11.7 Å². The highest BCUT2D eigenvalue weighted by molar-refractivity contribution is 6.31. The standard InChI is InChI=1S/C21H17Cl2FN2O2/c22-10-7-8-12-15(9-10)25-20(28)21(12)18(11-3-1-4-13(23)19(11)24)17-14(26-21)5-2-6-16(17)27/h1,3-4,7-9,14,17-18,26H,2,5-6H2,(H,25,28)/t14-,17-,18-,21+/m0/s1. The number of Topliss-reactive ketones (excluding diaryl/α,β-unsaturated/α-hetero) is 1. The summed E-state index contributed by atoms with van der Waals surface area (Å²) in [5.41, 5.74) is 0.332. The number of benzene rings is 2. The number of nitrogens with one attached hydrogen (secondary N) is 2. The second kappa shape index (κ2) is 6.28. The number of hydrogen-bond acceptors (Lipinski definition) is 3. The van der Waals surface area contributed by atoms with Crippen molar-refractivity contribution >= 4 is 40.6 Å². The predicted molar refractivity (Wildman–Crippen MR) is 105 cm³/mol. The molecule has 0 aromatic heterocycles. The van der Waals surface area contributed by atoms with Crippen LogP contribution >= 0.6 is 23.2 Å². The molecule has 2 aromatic rings. The molecule has 144 valence electrons. The van der Waals surface area contributed by atoms with Crippen molar-refractivity contribution in [2.75, 3.05) is 5.32 Å². The Morgan fingerprint density at radius 2 is 1.96 bits per heavy atom. The van der Waals surface area contributed by atoms with Crippen LogP contribution in [-0.4, -0.2) is 17.7 Å². The second-order valence-electron chi connectivity index (χ2n) is 7.71. The zero-order valence-corrected chi connectivity index (χ0v) is 16.3. The van der Waals surface area contributed by atoms with E-state index in [1.54, 1.807) is 30.3 Å². The van der Waals surface area contributed by atoms with Gasteiger partial charge in [0.15, 0.2) is 0 Å². The first-order valence-corrected chi connectivity index (χ1v) is 10.0. The highest BCUT2D eigenvalue weighted by Crippen LogP contribution is 2.56. The number of anilines is 1. The largest absolute Gasteiger partial charge is 0.324 e. The summed E-state index contributed by atoms with van der Waals surface area (Å²) in [6.07, 6.45) is 1.95. The fraction of sp³-hybridized carbons (Fsp3) is 0.333. The lowest BCUT2D eigenvalue weighted by atomic mass is 9.68. The molecule has 28 heavy (non-hydrogen) atoms. The van der Waals surface area contributed by atoms with E-state index in [-0.39, 0.29) is 22.8 Å². The van der Waals surface area contributed by atoms with Crippen molar-refractivity contribution in [3.05, 3.63) is 63.4 Å². The Morgan fingerprint density at radius 1 is 1.14 bits per heavy atom. The lowest BCUT2D eigenvalue weighted by Crippen LogP contribution is -2.49. The van der Waals surface area contributed by atoms with E-state index in [2.05, 4.69) is 10.6 Å². The highest BCUT2D eigenvalue weighted by atomic mass is 35.5. The van der Waals surface area contributed by atoms with Gasteiger partial charge in [-0.15, -0.1) is 0 Å². The predicted octanol–water partition coefficient (Wildman–Crippen LogP) is 4.40. The minimum absolute atomic E-state index is 0.0194. The smallest absolute Gasteiger partial charge is 0.250 e. The number of amides is 1. The molecule has 2 aliphatic heterocycles. The molecule has 4 nitrogen and oxygen atoms in total. The van der Waals surface area contributed by atoms with Crippen LogP contribution in [0.2, 0.25) is 10.0 Å². The van der Waals surface area contributed by atoms with Gasteiger partial charge in [0.25, 0.3) is 0 Å². The molecule has 3 aliphatic rings. The quantitative estimate of drug-likeness (QED) is 0.720. The van der Waals surface area contributed by atoms with Crippen LogP contribution in [0.25, 0.3) is 0 Å². The zero-order valence-electron chi connectivity index (χ0n) is 14.8. The zero-order chi connectivity index (χ0) is 19.6. The minimum Gasteiger partial charge on any atom is -0.324 e. The molecule has 0 radical (unpaired) electrons. The Balaban J connectivity index is 1.78. The molecule has 1 amide bonds. The van der Waals surface area contributed by atoms with Crippen molar-refractivity contribution < 1.29 is 14.0 Å². The number of ketones is 1. The number of halogens is 3. The molecule has 1 saturated heterocycles. The monoisotopic (exact) mass is 418 g/mol. The van der Waals surface area contributed by atoms with E-state index in [9.17, 15) is 9.59 Å². The van der Waals surface area contributed by atoms with Crippen LogP contribution in [0.15, 0.2) is 36.4 Å².